The van der Waals surface area contributed by atoms with E-state index in [1.165, 1.54) is 12.1 Å². The van der Waals surface area contributed by atoms with Gasteiger partial charge in [-0.2, -0.15) is 13.2 Å². The van der Waals surface area contributed by atoms with Crippen LogP contribution < -0.4 is 0 Å². The molecule has 130 valence electrons. The van der Waals surface area contributed by atoms with Gasteiger partial charge >= 0.3 is 6.18 Å². The molecule has 0 radical (unpaired) electrons. The molecule has 0 amide bonds. The van der Waals surface area contributed by atoms with Gasteiger partial charge in [0.25, 0.3) is 0 Å². The number of furan rings is 1. The highest BCUT2D eigenvalue weighted by molar-refractivity contribution is 5.80. The van der Waals surface area contributed by atoms with Crippen molar-refractivity contribution in [2.45, 2.75) is 12.7 Å². The maximum atomic E-state index is 12.5. The van der Waals surface area contributed by atoms with E-state index in [0.717, 1.165) is 40.8 Å². The molecule has 0 fully saturated rings. The fraction of sp³-hybridized carbons (Fsp3) is 0.200. The van der Waals surface area contributed by atoms with E-state index < -0.39 is 11.7 Å². The third kappa shape index (κ3) is 4.31. The molecule has 0 bridgehead atoms. The Morgan fingerprint density at radius 2 is 1.76 bits per heavy atom. The summed E-state index contributed by atoms with van der Waals surface area (Å²) in [7, 11) is 1.98. The van der Waals surface area contributed by atoms with Crippen molar-refractivity contribution < 1.29 is 17.6 Å². The number of fused-ring (bicyclic) bond motifs is 1. The van der Waals surface area contributed by atoms with Crippen molar-refractivity contribution in [3.63, 3.8) is 0 Å². The summed E-state index contributed by atoms with van der Waals surface area (Å²) in [6.45, 7) is 1.41. The normalized spacial score (nSPS) is 12.5. The molecule has 1 heterocycles. The van der Waals surface area contributed by atoms with Crippen LogP contribution in [0.1, 0.15) is 16.7 Å². The van der Waals surface area contributed by atoms with Crippen LogP contribution in [-0.4, -0.2) is 18.5 Å². The third-order valence-corrected chi connectivity index (χ3v) is 3.97. The second-order valence-corrected chi connectivity index (χ2v) is 5.98. The van der Waals surface area contributed by atoms with Gasteiger partial charge in [0.1, 0.15) is 5.58 Å². The van der Waals surface area contributed by atoms with E-state index in [1.54, 1.807) is 6.26 Å². The van der Waals surface area contributed by atoms with Crippen LogP contribution in [0.5, 0.6) is 0 Å². The lowest BCUT2D eigenvalue weighted by molar-refractivity contribution is -0.137. The summed E-state index contributed by atoms with van der Waals surface area (Å²) in [5.74, 6) is 0. The van der Waals surface area contributed by atoms with E-state index in [-0.39, 0.29) is 0 Å². The molecule has 0 aliphatic heterocycles. The van der Waals surface area contributed by atoms with Crippen LogP contribution in [0, 0.1) is 0 Å². The molecule has 5 heteroatoms. The van der Waals surface area contributed by atoms with Crippen LogP contribution in [0.15, 0.2) is 65.3 Å². The predicted octanol–water partition coefficient (Wildman–Crippen LogP) is 5.60. The zero-order valence-electron chi connectivity index (χ0n) is 13.8. The SMILES string of the molecule is CN(C/C=C/c1ccc(C(F)(F)F)cc1)Cc1coc2ccccc12. The Morgan fingerprint density at radius 1 is 1.04 bits per heavy atom. The molecule has 2 aromatic carbocycles. The molecule has 3 aromatic rings. The smallest absolute Gasteiger partial charge is 0.416 e. The number of hydrogen-bond donors (Lipinski definition) is 0. The van der Waals surface area contributed by atoms with Crippen LogP contribution in [0.3, 0.4) is 0 Å². The second-order valence-electron chi connectivity index (χ2n) is 5.98. The lowest BCUT2D eigenvalue weighted by Gasteiger charge is -2.13. The van der Waals surface area contributed by atoms with Crippen molar-refractivity contribution in [3.8, 4) is 0 Å². The van der Waals surface area contributed by atoms with Crippen LogP contribution in [-0.2, 0) is 12.7 Å². The lowest BCUT2D eigenvalue weighted by Crippen LogP contribution is -2.17. The summed E-state index contributed by atoms with van der Waals surface area (Å²) in [5.41, 5.74) is 2.09. The first-order valence-electron chi connectivity index (χ1n) is 7.91. The number of likely N-dealkylation sites (N-methyl/N-ethyl adjacent to an activating group) is 1. The molecular formula is C20H18F3NO. The van der Waals surface area contributed by atoms with Gasteiger partial charge in [0.15, 0.2) is 0 Å². The minimum absolute atomic E-state index is 0.631. The molecule has 3 rings (SSSR count). The number of para-hydroxylation sites is 1. The molecule has 1 aromatic heterocycles. The van der Waals surface area contributed by atoms with Crippen LogP contribution in [0.2, 0.25) is 0 Å². The quantitative estimate of drug-likeness (QED) is 0.599. The number of rotatable bonds is 5. The first-order valence-corrected chi connectivity index (χ1v) is 7.91. The van der Waals surface area contributed by atoms with Crippen molar-refractivity contribution in [3.05, 3.63) is 77.6 Å². The summed E-state index contributed by atoms with van der Waals surface area (Å²) < 4.78 is 43.1. The largest absolute Gasteiger partial charge is 0.464 e. The number of benzene rings is 2. The topological polar surface area (TPSA) is 16.4 Å². The second kappa shape index (κ2) is 7.15. The Bertz CT molecular complexity index is 863. The standard InChI is InChI=1S/C20H18F3NO/c1-24(13-16-14-25-19-7-3-2-6-18(16)19)12-4-5-15-8-10-17(11-9-15)20(21,22)23/h2-11,14H,12-13H2,1H3/b5-4+. The van der Waals surface area contributed by atoms with Gasteiger partial charge in [-0.1, -0.05) is 42.5 Å². The average Bonchev–Trinajstić information content (AvgIpc) is 2.98. The van der Waals surface area contributed by atoms with Crippen molar-refractivity contribution in [1.29, 1.82) is 0 Å². The maximum absolute atomic E-state index is 12.5. The molecule has 25 heavy (non-hydrogen) atoms. The molecular weight excluding hydrogens is 327 g/mol. The van der Waals surface area contributed by atoms with Crippen molar-refractivity contribution in [2.75, 3.05) is 13.6 Å². The van der Waals surface area contributed by atoms with Gasteiger partial charge < -0.3 is 4.42 Å². The van der Waals surface area contributed by atoms with E-state index >= 15 is 0 Å². The van der Waals surface area contributed by atoms with Crippen LogP contribution >= 0.6 is 0 Å². The molecule has 0 saturated carbocycles. The van der Waals surface area contributed by atoms with Gasteiger partial charge in [-0.25, -0.2) is 0 Å². The van der Waals surface area contributed by atoms with Gasteiger partial charge in [-0.15, -0.1) is 0 Å². The van der Waals surface area contributed by atoms with E-state index in [4.69, 9.17) is 4.42 Å². The zero-order valence-corrected chi connectivity index (χ0v) is 13.8. The van der Waals surface area contributed by atoms with Gasteiger partial charge in [0, 0.05) is 24.0 Å². The van der Waals surface area contributed by atoms with Crippen molar-refractivity contribution in [1.82, 2.24) is 4.90 Å². The first-order chi connectivity index (χ1) is 11.9. The molecule has 0 saturated heterocycles. The van der Waals surface area contributed by atoms with Gasteiger partial charge in [-0.05, 0) is 30.8 Å². The van der Waals surface area contributed by atoms with Crippen LogP contribution in [0.25, 0.3) is 17.0 Å². The summed E-state index contributed by atoms with van der Waals surface area (Å²) in [6.07, 6.45) is 1.23. The van der Waals surface area contributed by atoms with Gasteiger partial charge in [-0.3, -0.25) is 4.90 Å². The fourth-order valence-electron chi connectivity index (χ4n) is 2.66. The molecule has 0 aliphatic carbocycles. The Morgan fingerprint density at radius 3 is 2.48 bits per heavy atom. The highest BCUT2D eigenvalue weighted by Crippen LogP contribution is 2.29. The number of alkyl halides is 3. The Hall–Kier alpha value is -2.53. The van der Waals surface area contributed by atoms with Gasteiger partial charge in [0.05, 0.1) is 11.8 Å². The van der Waals surface area contributed by atoms with E-state index in [9.17, 15) is 13.2 Å². The van der Waals surface area contributed by atoms with Crippen LogP contribution in [0.4, 0.5) is 13.2 Å². The number of nitrogens with zero attached hydrogens (tertiary/aromatic N) is 1. The highest BCUT2D eigenvalue weighted by Gasteiger charge is 2.29. The predicted molar refractivity (Wildman–Crippen MR) is 93.0 cm³/mol. The molecule has 0 spiro atoms. The Labute approximate surface area is 144 Å². The Kier molecular flexibility index (Phi) is 4.95. The van der Waals surface area contributed by atoms with Gasteiger partial charge in [0.2, 0.25) is 0 Å². The Balaban J connectivity index is 1.58. The van der Waals surface area contributed by atoms with E-state index in [0.29, 0.717) is 6.54 Å². The number of halogens is 3. The van der Waals surface area contributed by atoms with Crippen molar-refractivity contribution >= 4 is 17.0 Å². The maximum Gasteiger partial charge on any atom is 0.416 e. The number of hydrogen-bond acceptors (Lipinski definition) is 2. The van der Waals surface area contributed by atoms with E-state index in [2.05, 4.69) is 4.90 Å². The molecule has 0 atom stereocenters. The van der Waals surface area contributed by atoms with E-state index in [1.807, 2.05) is 43.5 Å². The highest BCUT2D eigenvalue weighted by atomic mass is 19.4. The summed E-state index contributed by atoms with van der Waals surface area (Å²) in [6, 6.07) is 13.0. The third-order valence-electron chi connectivity index (χ3n) is 3.97. The molecule has 0 aliphatic rings. The fourth-order valence-corrected chi connectivity index (χ4v) is 2.66. The molecule has 0 N–H and O–H groups in total. The first kappa shape index (κ1) is 17.3. The summed E-state index contributed by atoms with van der Waals surface area (Å²) in [4.78, 5) is 2.11. The average molecular weight is 345 g/mol. The minimum Gasteiger partial charge on any atom is -0.464 e. The summed E-state index contributed by atoms with van der Waals surface area (Å²) in [5, 5.41) is 1.10. The minimum atomic E-state index is -4.30. The lowest BCUT2D eigenvalue weighted by atomic mass is 10.1. The van der Waals surface area contributed by atoms with Crippen molar-refractivity contribution in [2.24, 2.45) is 0 Å². The zero-order chi connectivity index (χ0) is 17.9. The molecule has 2 nitrogen and oxygen atoms in total. The summed E-state index contributed by atoms with van der Waals surface area (Å²) >= 11 is 0. The monoisotopic (exact) mass is 345 g/mol. The molecule has 0 unspecified atom stereocenters.